The Kier molecular flexibility index (Phi) is 5.36. The average Bonchev–Trinajstić information content (AvgIpc) is 3.11. The molecule has 0 spiro atoms. The fraction of sp³-hybridized carbons (Fsp3) is 0.214. The van der Waals surface area contributed by atoms with Crippen LogP contribution in [-0.4, -0.2) is 25.0 Å². The second-order valence-electron chi connectivity index (χ2n) is 8.57. The van der Waals surface area contributed by atoms with E-state index in [1.807, 2.05) is 68.4 Å². The molecule has 0 radical (unpaired) electrons. The summed E-state index contributed by atoms with van der Waals surface area (Å²) in [6.45, 7) is 4.16. The van der Waals surface area contributed by atoms with Gasteiger partial charge in [0.25, 0.3) is 5.91 Å². The van der Waals surface area contributed by atoms with E-state index in [4.69, 9.17) is 13.9 Å². The molecule has 1 unspecified atom stereocenters. The number of carbonyl (C=O) groups excluding carboxylic acids is 1. The van der Waals surface area contributed by atoms with E-state index in [1.54, 1.807) is 25.2 Å². The van der Waals surface area contributed by atoms with Crippen molar-refractivity contribution < 1.29 is 18.7 Å². The largest absolute Gasteiger partial charge is 0.493 e. The van der Waals surface area contributed by atoms with Crippen molar-refractivity contribution in [2.75, 3.05) is 14.2 Å². The Bertz CT molecular complexity index is 1470. The standard InChI is InChI=1S/C28H25NO5/c1-16-12-17(2)26-20(13-16)25(30)23-24(19-10-11-21(32-3)22(14-19)33-4)29(28(31)27(23)34-26)15-18-8-6-5-7-9-18/h5-14,24H,15H2,1-4H3. The maximum atomic E-state index is 13.8. The van der Waals surface area contributed by atoms with Gasteiger partial charge in [-0.3, -0.25) is 9.59 Å². The van der Waals surface area contributed by atoms with Crippen molar-refractivity contribution in [2.24, 2.45) is 0 Å². The number of hydrogen-bond acceptors (Lipinski definition) is 5. The molecule has 172 valence electrons. The molecule has 1 aromatic heterocycles. The molecule has 5 rings (SSSR count). The van der Waals surface area contributed by atoms with Gasteiger partial charge in [-0.25, -0.2) is 0 Å². The van der Waals surface area contributed by atoms with E-state index in [2.05, 4.69) is 0 Å². The molecule has 0 bridgehead atoms. The summed E-state index contributed by atoms with van der Waals surface area (Å²) in [5, 5.41) is 0.482. The number of amides is 1. The molecule has 4 aromatic rings. The topological polar surface area (TPSA) is 69.0 Å². The van der Waals surface area contributed by atoms with Crippen molar-refractivity contribution in [3.8, 4) is 11.5 Å². The highest BCUT2D eigenvalue weighted by atomic mass is 16.5. The molecule has 1 amide bonds. The first-order chi connectivity index (χ1) is 16.4. The minimum absolute atomic E-state index is 0.0974. The van der Waals surface area contributed by atoms with Crippen LogP contribution in [0.5, 0.6) is 11.5 Å². The molecular formula is C28H25NO5. The van der Waals surface area contributed by atoms with Crippen molar-refractivity contribution in [1.82, 2.24) is 4.90 Å². The Morgan fingerprint density at radius 3 is 2.35 bits per heavy atom. The Morgan fingerprint density at radius 1 is 0.912 bits per heavy atom. The van der Waals surface area contributed by atoms with Crippen LogP contribution in [0.15, 0.2) is 69.9 Å². The van der Waals surface area contributed by atoms with Crippen LogP contribution in [0.4, 0.5) is 0 Å². The molecule has 1 aliphatic rings. The third-order valence-electron chi connectivity index (χ3n) is 6.32. The molecule has 0 saturated heterocycles. The van der Waals surface area contributed by atoms with Gasteiger partial charge in [0, 0.05) is 6.54 Å². The molecule has 1 aliphatic heterocycles. The lowest BCUT2D eigenvalue weighted by molar-refractivity contribution is 0.0714. The highest BCUT2D eigenvalue weighted by Crippen LogP contribution is 2.42. The third-order valence-corrected chi connectivity index (χ3v) is 6.32. The van der Waals surface area contributed by atoms with Gasteiger partial charge in [0.1, 0.15) is 5.58 Å². The number of fused-ring (bicyclic) bond motifs is 2. The lowest BCUT2D eigenvalue weighted by Crippen LogP contribution is -2.29. The molecule has 6 nitrogen and oxygen atoms in total. The molecule has 0 N–H and O–H groups in total. The van der Waals surface area contributed by atoms with Gasteiger partial charge < -0.3 is 18.8 Å². The summed E-state index contributed by atoms with van der Waals surface area (Å²) in [4.78, 5) is 29.2. The van der Waals surface area contributed by atoms with Crippen molar-refractivity contribution >= 4 is 16.9 Å². The average molecular weight is 456 g/mol. The van der Waals surface area contributed by atoms with Crippen LogP contribution in [-0.2, 0) is 6.54 Å². The van der Waals surface area contributed by atoms with Crippen LogP contribution in [0.3, 0.4) is 0 Å². The maximum absolute atomic E-state index is 13.8. The first kappa shape index (κ1) is 21.8. The van der Waals surface area contributed by atoms with Crippen LogP contribution in [0.25, 0.3) is 11.0 Å². The van der Waals surface area contributed by atoms with Gasteiger partial charge in [0.15, 0.2) is 16.9 Å². The summed E-state index contributed by atoms with van der Waals surface area (Å²) in [6.07, 6.45) is 0. The zero-order chi connectivity index (χ0) is 24.0. The smallest absolute Gasteiger partial charge is 0.291 e. The second-order valence-corrected chi connectivity index (χ2v) is 8.57. The molecular weight excluding hydrogens is 430 g/mol. The summed E-state index contributed by atoms with van der Waals surface area (Å²) in [6, 6.07) is 18.3. The van der Waals surface area contributed by atoms with Crippen LogP contribution in [0.2, 0.25) is 0 Å². The van der Waals surface area contributed by atoms with E-state index in [0.29, 0.717) is 34.6 Å². The monoisotopic (exact) mass is 455 g/mol. The van der Waals surface area contributed by atoms with Crippen molar-refractivity contribution in [1.29, 1.82) is 0 Å². The number of carbonyl (C=O) groups is 1. The van der Waals surface area contributed by atoms with E-state index in [0.717, 1.165) is 22.3 Å². The van der Waals surface area contributed by atoms with Gasteiger partial charge in [0.2, 0.25) is 5.76 Å². The number of aryl methyl sites for hydroxylation is 2. The first-order valence-electron chi connectivity index (χ1n) is 11.1. The molecule has 0 saturated carbocycles. The Hall–Kier alpha value is -4.06. The SMILES string of the molecule is COc1ccc(C2c3c(oc4c(C)cc(C)cc4c3=O)C(=O)N2Cc2ccccc2)cc1OC. The van der Waals surface area contributed by atoms with Gasteiger partial charge >= 0.3 is 0 Å². The summed E-state index contributed by atoms with van der Waals surface area (Å²) in [5.74, 6) is 0.886. The molecule has 6 heteroatoms. The Balaban J connectivity index is 1.76. The van der Waals surface area contributed by atoms with Crippen LogP contribution >= 0.6 is 0 Å². The van der Waals surface area contributed by atoms with Crippen molar-refractivity contribution in [2.45, 2.75) is 26.4 Å². The third kappa shape index (κ3) is 3.43. The normalized spacial score (nSPS) is 15.0. The summed E-state index contributed by atoms with van der Waals surface area (Å²) in [5.41, 5.74) is 4.11. The second kappa shape index (κ2) is 8.37. The zero-order valence-electron chi connectivity index (χ0n) is 19.5. The van der Waals surface area contributed by atoms with Crippen molar-refractivity contribution in [3.05, 3.63) is 104 Å². The quantitative estimate of drug-likeness (QED) is 0.415. The lowest BCUT2D eigenvalue weighted by Gasteiger charge is -2.26. The fourth-order valence-electron chi connectivity index (χ4n) is 4.79. The maximum Gasteiger partial charge on any atom is 0.291 e. The number of rotatable bonds is 5. The van der Waals surface area contributed by atoms with Crippen molar-refractivity contribution in [3.63, 3.8) is 0 Å². The van der Waals surface area contributed by atoms with E-state index >= 15 is 0 Å². The molecule has 0 aliphatic carbocycles. The van der Waals surface area contributed by atoms with Gasteiger partial charge in [-0.2, -0.15) is 0 Å². The summed E-state index contributed by atoms with van der Waals surface area (Å²) < 4.78 is 17.1. The summed E-state index contributed by atoms with van der Waals surface area (Å²) in [7, 11) is 3.13. The zero-order valence-corrected chi connectivity index (χ0v) is 19.5. The number of benzene rings is 3. The van der Waals surface area contributed by atoms with Crippen LogP contribution in [0, 0.1) is 13.8 Å². The fourth-order valence-corrected chi connectivity index (χ4v) is 4.79. The number of nitrogens with zero attached hydrogens (tertiary/aromatic N) is 1. The highest BCUT2D eigenvalue weighted by molar-refractivity contribution is 5.99. The predicted molar refractivity (Wildman–Crippen MR) is 130 cm³/mol. The molecule has 0 fully saturated rings. The van der Waals surface area contributed by atoms with Gasteiger partial charge in [-0.15, -0.1) is 0 Å². The molecule has 34 heavy (non-hydrogen) atoms. The van der Waals surface area contributed by atoms with Crippen LogP contribution in [0.1, 0.15) is 44.4 Å². The molecule has 3 aromatic carbocycles. The minimum Gasteiger partial charge on any atom is -0.493 e. The van der Waals surface area contributed by atoms with Gasteiger partial charge in [0.05, 0.1) is 31.2 Å². The highest BCUT2D eigenvalue weighted by Gasteiger charge is 2.43. The van der Waals surface area contributed by atoms with Crippen LogP contribution < -0.4 is 14.9 Å². The van der Waals surface area contributed by atoms with E-state index in [9.17, 15) is 9.59 Å². The number of hydrogen-bond donors (Lipinski definition) is 0. The minimum atomic E-state index is -0.621. The predicted octanol–water partition coefficient (Wildman–Crippen LogP) is 5.17. The lowest BCUT2D eigenvalue weighted by atomic mass is 9.97. The Morgan fingerprint density at radius 2 is 1.65 bits per heavy atom. The van der Waals surface area contributed by atoms with Gasteiger partial charge in [-0.05, 0) is 54.3 Å². The number of methoxy groups -OCH3 is 2. The van der Waals surface area contributed by atoms with E-state index in [-0.39, 0.29) is 17.1 Å². The molecule has 2 heterocycles. The van der Waals surface area contributed by atoms with E-state index in [1.165, 1.54) is 0 Å². The summed E-state index contributed by atoms with van der Waals surface area (Å²) >= 11 is 0. The molecule has 1 atom stereocenters. The first-order valence-corrected chi connectivity index (χ1v) is 11.1. The Labute approximate surface area is 197 Å². The number of ether oxygens (including phenoxy) is 2. The van der Waals surface area contributed by atoms with Gasteiger partial charge in [-0.1, -0.05) is 42.5 Å². The van der Waals surface area contributed by atoms with E-state index < -0.39 is 6.04 Å².